The Balaban J connectivity index is 1.05. The quantitative estimate of drug-likeness (QED) is 0.0632. The topological polar surface area (TPSA) is 185 Å². The first kappa shape index (κ1) is 44.5. The van der Waals surface area contributed by atoms with Crippen molar-refractivity contribution in [2.45, 2.75) is 94.9 Å². The van der Waals surface area contributed by atoms with Gasteiger partial charge in [0.2, 0.25) is 11.8 Å². The summed E-state index contributed by atoms with van der Waals surface area (Å²) in [7, 11) is -3.05. The first-order valence-electron chi connectivity index (χ1n) is 22.4. The number of ether oxygens (including phenoxy) is 2. The van der Waals surface area contributed by atoms with Crippen LogP contribution in [-0.2, 0) is 42.7 Å². The second-order valence-electron chi connectivity index (χ2n) is 19.2. The molecule has 0 amide bonds. The fourth-order valence-electron chi connectivity index (χ4n) is 10.7. The zero-order valence-corrected chi connectivity index (χ0v) is 39.6. The molecule has 9 rings (SSSR count). The number of nitrogens with one attached hydrogen (secondary N) is 2. The number of aromatic nitrogens is 3. The summed E-state index contributed by atoms with van der Waals surface area (Å²) in [6.07, 6.45) is 3.87. The second-order valence-corrected chi connectivity index (χ2v) is 24.6. The first-order chi connectivity index (χ1) is 31.2. The van der Waals surface area contributed by atoms with E-state index < -0.39 is 25.3 Å². The molecule has 1 aliphatic carbocycles. The van der Waals surface area contributed by atoms with Gasteiger partial charge in [-0.15, -0.1) is 11.3 Å². The van der Waals surface area contributed by atoms with Gasteiger partial charge in [-0.3, -0.25) is 10.3 Å². The van der Waals surface area contributed by atoms with E-state index >= 15 is 0 Å². The highest BCUT2D eigenvalue weighted by molar-refractivity contribution is 7.16. The number of hydroxylamine groups is 1. The maximum atomic E-state index is 14.0. The van der Waals surface area contributed by atoms with E-state index in [0.29, 0.717) is 55.5 Å². The minimum Gasteiger partial charge on any atom is -0.461 e. The zero-order chi connectivity index (χ0) is 45.6. The lowest BCUT2D eigenvalue weighted by molar-refractivity contribution is -0.155. The zero-order valence-electron chi connectivity index (χ0n) is 37.8. The van der Waals surface area contributed by atoms with Gasteiger partial charge in [0.25, 0.3) is 8.32 Å². The van der Waals surface area contributed by atoms with E-state index in [-0.39, 0.29) is 34.2 Å². The number of amidine groups is 1. The minimum absolute atomic E-state index is 0.0459. The number of nitrogen functional groups attached to an aromatic ring is 1. The number of aryl methyl sites for hydroxylation is 1. The number of anilines is 2. The van der Waals surface area contributed by atoms with E-state index in [1.165, 1.54) is 22.5 Å². The van der Waals surface area contributed by atoms with E-state index in [2.05, 4.69) is 122 Å². The molecule has 65 heavy (non-hydrogen) atoms. The lowest BCUT2D eigenvalue weighted by Crippen LogP contribution is -2.70. The Hall–Kier alpha value is -5.70. The molecule has 14 nitrogen and oxygen atoms in total. The molecule has 16 heteroatoms. The van der Waals surface area contributed by atoms with Crippen molar-refractivity contribution in [1.29, 1.82) is 10.7 Å². The molecule has 4 N–H and O–H groups in total. The van der Waals surface area contributed by atoms with Crippen molar-refractivity contribution >= 4 is 52.8 Å². The number of nitrogens with zero attached hydrogens (tertiary/aromatic N) is 6. The number of fused-ring (bicyclic) bond motifs is 4. The predicted octanol–water partition coefficient (Wildman–Crippen LogP) is 6.11. The number of rotatable bonds is 10. The van der Waals surface area contributed by atoms with E-state index in [0.717, 1.165) is 54.0 Å². The van der Waals surface area contributed by atoms with Crippen LogP contribution in [0.3, 0.4) is 0 Å². The Morgan fingerprint density at radius 3 is 2.40 bits per heavy atom. The number of nitriles is 1. The minimum atomic E-state index is -3.05. The van der Waals surface area contributed by atoms with Crippen molar-refractivity contribution in [3.8, 4) is 12.1 Å². The van der Waals surface area contributed by atoms with Crippen LogP contribution < -0.4 is 31.2 Å². The molecule has 2 fully saturated rings. The molecule has 338 valence electrons. The SMILES string of the molecule is CC1(O[Si](c2ccccc2)(c2ccccc2)C(C)(C)C)COCCN(c2nc(OCC34CCCN3Cc3ccccc34)nc(C(=N)NOC(=O)[C@@]3(C)CCCc4sc(N)c(C#N)c43)n2)C1. The molecule has 3 aliphatic heterocycles. The van der Waals surface area contributed by atoms with Crippen LogP contribution in [0, 0.1) is 16.7 Å². The maximum Gasteiger partial charge on any atom is 0.342 e. The average Bonchev–Trinajstić information content (AvgIpc) is 3.91. The molecule has 3 atom stereocenters. The van der Waals surface area contributed by atoms with Gasteiger partial charge in [-0.2, -0.15) is 25.7 Å². The van der Waals surface area contributed by atoms with Gasteiger partial charge in [0.1, 0.15) is 17.7 Å². The van der Waals surface area contributed by atoms with Crippen LogP contribution in [0.25, 0.3) is 0 Å². The van der Waals surface area contributed by atoms with Crippen LogP contribution in [0.4, 0.5) is 10.9 Å². The van der Waals surface area contributed by atoms with E-state index in [9.17, 15) is 15.5 Å². The Labute approximate surface area is 385 Å². The summed E-state index contributed by atoms with van der Waals surface area (Å²) in [4.78, 5) is 39.6. The van der Waals surface area contributed by atoms with E-state index in [1.54, 1.807) is 6.92 Å². The molecule has 0 radical (unpaired) electrons. The number of nitrogens with two attached hydrogens (primary N) is 1. The normalized spacial score (nSPS) is 23.1. The standard InChI is InChI=1S/C49H57N9O5SSi/c1-46(2,3)65(34-17-8-6-9-18-34,35-19-10-7-11-20-35)63-47(4)30-57(26-27-60-31-47)44-53-42(40(51)56-62-43(59)48(5)23-14-22-38-39(48)36(28-50)41(52)64-38)54-45(55-44)61-32-49-24-15-25-58(49)29-33-16-12-13-21-37(33)49/h6-13,16-21H,14-15,22-27,29-32,52H2,1-5H3,(H2,51,56)/t47?,48-,49?/m0/s1. The van der Waals surface area contributed by atoms with E-state index in [1.807, 2.05) is 17.0 Å². The molecule has 0 bridgehead atoms. The fourth-order valence-corrected chi connectivity index (χ4v) is 16.7. The monoisotopic (exact) mass is 911 g/mol. The Kier molecular flexibility index (Phi) is 11.8. The van der Waals surface area contributed by atoms with Crippen molar-refractivity contribution < 1.29 is 23.5 Å². The molecule has 5 aromatic rings. The summed E-state index contributed by atoms with van der Waals surface area (Å²) in [6.45, 7) is 14.2. The smallest absolute Gasteiger partial charge is 0.342 e. The third-order valence-corrected chi connectivity index (χ3v) is 20.0. The molecular formula is C49H57N9O5SSi. The molecule has 2 saturated heterocycles. The van der Waals surface area contributed by atoms with Gasteiger partial charge in [-0.25, -0.2) is 4.79 Å². The van der Waals surface area contributed by atoms with Crippen molar-refractivity contribution in [2.24, 2.45) is 0 Å². The molecule has 5 heterocycles. The van der Waals surface area contributed by atoms with Gasteiger partial charge < -0.3 is 29.4 Å². The van der Waals surface area contributed by atoms with Crippen LogP contribution in [0.5, 0.6) is 6.01 Å². The molecule has 2 unspecified atom stereocenters. The average molecular weight is 912 g/mol. The third kappa shape index (κ3) is 7.97. The number of carbonyl (C=O) groups is 1. The van der Waals surface area contributed by atoms with Crippen molar-refractivity contribution in [1.82, 2.24) is 25.3 Å². The molecule has 4 aliphatic rings. The Morgan fingerprint density at radius 2 is 1.69 bits per heavy atom. The first-order valence-corrected chi connectivity index (χ1v) is 25.2. The number of hydrogen-bond acceptors (Lipinski definition) is 14. The van der Waals surface area contributed by atoms with Crippen LogP contribution in [-0.4, -0.2) is 85.0 Å². The lowest BCUT2D eigenvalue weighted by atomic mass is 9.72. The Morgan fingerprint density at radius 1 is 0.985 bits per heavy atom. The number of carbonyl (C=O) groups excluding carboxylic acids is 1. The highest BCUT2D eigenvalue weighted by Crippen LogP contribution is 2.48. The van der Waals surface area contributed by atoms with Crippen molar-refractivity contribution in [3.05, 3.63) is 118 Å². The summed E-state index contributed by atoms with van der Waals surface area (Å²) < 4.78 is 20.8. The summed E-state index contributed by atoms with van der Waals surface area (Å²) in [5.74, 6) is -0.794. The number of hydrogen-bond donors (Lipinski definition) is 3. The van der Waals surface area contributed by atoms with Crippen LogP contribution >= 0.6 is 11.3 Å². The van der Waals surface area contributed by atoms with Gasteiger partial charge >= 0.3 is 12.0 Å². The molecule has 2 aromatic heterocycles. The third-order valence-electron chi connectivity index (χ3n) is 13.8. The van der Waals surface area contributed by atoms with Crippen molar-refractivity contribution in [3.63, 3.8) is 0 Å². The Bertz CT molecular complexity index is 2600. The summed E-state index contributed by atoms with van der Waals surface area (Å²) in [5, 5.41) is 21.6. The van der Waals surface area contributed by atoms with Crippen LogP contribution in [0.1, 0.15) is 93.3 Å². The van der Waals surface area contributed by atoms with Crippen LogP contribution in [0.15, 0.2) is 84.9 Å². The van der Waals surface area contributed by atoms with E-state index in [4.69, 9.17) is 34.4 Å². The predicted molar refractivity (Wildman–Crippen MR) is 253 cm³/mol. The molecule has 0 spiro atoms. The van der Waals surface area contributed by atoms with Gasteiger partial charge in [0.15, 0.2) is 5.84 Å². The second kappa shape index (κ2) is 17.3. The maximum absolute atomic E-state index is 14.0. The highest BCUT2D eigenvalue weighted by Gasteiger charge is 2.55. The van der Waals surface area contributed by atoms with Gasteiger partial charge in [-0.1, -0.05) is 106 Å². The molecule has 0 saturated carbocycles. The molecular weight excluding hydrogens is 855 g/mol. The summed E-state index contributed by atoms with van der Waals surface area (Å²) >= 11 is 1.34. The lowest BCUT2D eigenvalue weighted by Gasteiger charge is -2.48. The van der Waals surface area contributed by atoms with Crippen LogP contribution in [0.2, 0.25) is 5.04 Å². The van der Waals surface area contributed by atoms with Gasteiger partial charge in [0, 0.05) is 23.5 Å². The van der Waals surface area contributed by atoms with Crippen molar-refractivity contribution in [2.75, 3.05) is 50.1 Å². The highest BCUT2D eigenvalue weighted by atomic mass is 32.1. The summed E-state index contributed by atoms with van der Waals surface area (Å²) in [6, 6.07) is 31.8. The largest absolute Gasteiger partial charge is 0.461 e. The number of benzene rings is 3. The number of thiophene rings is 1. The fraction of sp³-hybridized carbons (Fsp3) is 0.429. The van der Waals surface area contributed by atoms with Gasteiger partial charge in [0.05, 0.1) is 41.9 Å². The summed E-state index contributed by atoms with van der Waals surface area (Å²) in [5.41, 5.74) is 9.89. The van der Waals surface area contributed by atoms with Gasteiger partial charge in [-0.05, 0) is 79.0 Å². The molecule has 3 aromatic carbocycles.